The zero-order chi connectivity index (χ0) is 13.7. The number of carbonyl (C=O) groups is 1. The van der Waals surface area contributed by atoms with Crippen LogP contribution in [-0.4, -0.2) is 5.91 Å². The van der Waals surface area contributed by atoms with Gasteiger partial charge in [0, 0.05) is 0 Å². The number of rotatable bonds is 5. The first kappa shape index (κ1) is 13.7. The number of amides is 1. The number of benzene rings is 1. The van der Waals surface area contributed by atoms with Crippen LogP contribution in [0.25, 0.3) is 0 Å². The molecule has 0 aliphatic heterocycles. The molecule has 1 atom stereocenters. The molecule has 1 N–H and O–H groups in total. The predicted molar refractivity (Wildman–Crippen MR) is 75.2 cm³/mol. The Morgan fingerprint density at radius 1 is 1.26 bits per heavy atom. The minimum Gasteiger partial charge on any atom is -0.455 e. The van der Waals surface area contributed by atoms with Gasteiger partial charge in [-0.15, -0.1) is 11.6 Å². The number of nitrogens with one attached hydrogen (secondary N) is 1. The van der Waals surface area contributed by atoms with Gasteiger partial charge < -0.3 is 9.73 Å². The minimum atomic E-state index is -0.216. The van der Waals surface area contributed by atoms with E-state index in [1.165, 1.54) is 0 Å². The first-order valence-electron chi connectivity index (χ1n) is 6.25. The fourth-order valence-corrected chi connectivity index (χ4v) is 2.05. The number of hydrogen-bond acceptors (Lipinski definition) is 2. The molecule has 0 aliphatic carbocycles. The summed E-state index contributed by atoms with van der Waals surface area (Å²) in [6.45, 7) is 2.03. The van der Waals surface area contributed by atoms with Crippen molar-refractivity contribution in [3.05, 3.63) is 59.5 Å². The molecule has 3 nitrogen and oxygen atoms in total. The lowest BCUT2D eigenvalue weighted by atomic mass is 10.0. The van der Waals surface area contributed by atoms with Crippen molar-refractivity contribution < 1.29 is 9.21 Å². The number of carbonyl (C=O) groups excluding carboxylic acids is 1. The van der Waals surface area contributed by atoms with Crippen molar-refractivity contribution in [3.8, 4) is 0 Å². The Morgan fingerprint density at radius 3 is 2.58 bits per heavy atom. The lowest BCUT2D eigenvalue weighted by Crippen LogP contribution is -2.27. The van der Waals surface area contributed by atoms with Crippen LogP contribution in [0.4, 0.5) is 0 Å². The summed E-state index contributed by atoms with van der Waals surface area (Å²) in [7, 11) is 0. The van der Waals surface area contributed by atoms with E-state index in [0.29, 0.717) is 11.5 Å². The van der Waals surface area contributed by atoms with Gasteiger partial charge in [0.05, 0.1) is 11.9 Å². The van der Waals surface area contributed by atoms with E-state index in [-0.39, 0.29) is 17.8 Å². The Balaban J connectivity index is 2.08. The Kier molecular flexibility index (Phi) is 4.63. The summed E-state index contributed by atoms with van der Waals surface area (Å²) in [5, 5.41) is 2.96. The third-order valence-electron chi connectivity index (χ3n) is 2.93. The summed E-state index contributed by atoms with van der Waals surface area (Å²) in [5.74, 6) is 0.945. The quantitative estimate of drug-likeness (QED) is 0.842. The normalized spacial score (nSPS) is 12.1. The monoisotopic (exact) mass is 277 g/mol. The average Bonchev–Trinajstić information content (AvgIpc) is 2.94. The Labute approximate surface area is 117 Å². The molecule has 2 aromatic rings. The molecule has 0 aliphatic rings. The van der Waals surface area contributed by atoms with Gasteiger partial charge in [0.1, 0.15) is 5.76 Å². The van der Waals surface area contributed by atoms with Crippen LogP contribution in [0.1, 0.15) is 41.3 Å². The fourth-order valence-electron chi connectivity index (χ4n) is 1.91. The largest absolute Gasteiger partial charge is 0.455 e. The third kappa shape index (κ3) is 3.38. The second-order valence-electron chi connectivity index (χ2n) is 4.24. The van der Waals surface area contributed by atoms with E-state index in [2.05, 4.69) is 5.32 Å². The summed E-state index contributed by atoms with van der Waals surface area (Å²) < 4.78 is 5.33. The van der Waals surface area contributed by atoms with Crippen LogP contribution in [0.15, 0.2) is 46.9 Å². The highest BCUT2D eigenvalue weighted by Crippen LogP contribution is 2.17. The zero-order valence-corrected chi connectivity index (χ0v) is 11.5. The van der Waals surface area contributed by atoms with Crippen molar-refractivity contribution >= 4 is 17.5 Å². The van der Waals surface area contributed by atoms with Crippen molar-refractivity contribution in [1.82, 2.24) is 5.32 Å². The van der Waals surface area contributed by atoms with Crippen LogP contribution < -0.4 is 5.32 Å². The third-order valence-corrected chi connectivity index (χ3v) is 3.20. The molecule has 1 amide bonds. The van der Waals surface area contributed by atoms with Gasteiger partial charge in [-0.2, -0.15) is 0 Å². The van der Waals surface area contributed by atoms with Crippen LogP contribution in [-0.2, 0) is 5.88 Å². The Hall–Kier alpha value is -1.74. The van der Waals surface area contributed by atoms with E-state index in [9.17, 15) is 4.79 Å². The topological polar surface area (TPSA) is 42.2 Å². The van der Waals surface area contributed by atoms with Gasteiger partial charge >= 0.3 is 0 Å². The van der Waals surface area contributed by atoms with Gasteiger partial charge in [0.2, 0.25) is 0 Å². The van der Waals surface area contributed by atoms with Crippen LogP contribution in [0.2, 0.25) is 0 Å². The van der Waals surface area contributed by atoms with Crippen LogP contribution >= 0.6 is 11.6 Å². The molecule has 4 heteroatoms. The van der Waals surface area contributed by atoms with Gasteiger partial charge in [-0.05, 0) is 24.1 Å². The average molecular weight is 278 g/mol. The van der Waals surface area contributed by atoms with Gasteiger partial charge in [0.15, 0.2) is 5.76 Å². The molecule has 100 valence electrons. The van der Waals surface area contributed by atoms with Gasteiger partial charge in [0.25, 0.3) is 5.91 Å². The molecule has 1 aromatic heterocycles. The smallest absolute Gasteiger partial charge is 0.287 e. The fraction of sp³-hybridized carbons (Fsp3) is 0.267. The molecule has 0 bridgehead atoms. The number of furan rings is 1. The van der Waals surface area contributed by atoms with Crippen molar-refractivity contribution in [2.45, 2.75) is 25.3 Å². The number of halogens is 1. The number of hydrogen-bond donors (Lipinski definition) is 1. The molecule has 0 radical (unpaired) electrons. The maximum absolute atomic E-state index is 12.1. The van der Waals surface area contributed by atoms with Crippen molar-refractivity contribution in [1.29, 1.82) is 0 Å². The summed E-state index contributed by atoms with van der Waals surface area (Å²) in [6, 6.07) is 13.2. The van der Waals surface area contributed by atoms with E-state index in [4.69, 9.17) is 16.0 Å². The van der Waals surface area contributed by atoms with Crippen molar-refractivity contribution in [2.24, 2.45) is 0 Å². The molecular formula is C15H16ClNO2. The highest BCUT2D eigenvalue weighted by Gasteiger charge is 2.16. The van der Waals surface area contributed by atoms with Crippen molar-refractivity contribution in [3.63, 3.8) is 0 Å². The van der Waals surface area contributed by atoms with Gasteiger partial charge in [-0.25, -0.2) is 0 Å². The standard InChI is InChI=1S/C15H16ClNO2/c1-2-13(11-6-4-3-5-7-11)17-15(18)14-9-8-12(10-16)19-14/h3-9,13H,2,10H2,1H3,(H,17,18). The van der Waals surface area contributed by atoms with E-state index in [0.717, 1.165) is 12.0 Å². The predicted octanol–water partition coefficient (Wildman–Crippen LogP) is 3.90. The van der Waals surface area contributed by atoms with Crippen molar-refractivity contribution in [2.75, 3.05) is 0 Å². The second kappa shape index (κ2) is 6.43. The highest BCUT2D eigenvalue weighted by atomic mass is 35.5. The summed E-state index contributed by atoms with van der Waals surface area (Å²) >= 11 is 5.65. The molecule has 0 saturated heterocycles. The van der Waals surface area contributed by atoms with Gasteiger partial charge in [-0.1, -0.05) is 37.3 Å². The minimum absolute atomic E-state index is 0.0155. The summed E-state index contributed by atoms with van der Waals surface area (Å²) in [6.07, 6.45) is 0.818. The van der Waals surface area contributed by atoms with Gasteiger partial charge in [-0.3, -0.25) is 4.79 Å². The van der Waals surface area contributed by atoms with Crippen LogP contribution in [0.5, 0.6) is 0 Å². The van der Waals surface area contributed by atoms with E-state index >= 15 is 0 Å². The van der Waals surface area contributed by atoms with E-state index < -0.39 is 0 Å². The molecule has 19 heavy (non-hydrogen) atoms. The zero-order valence-electron chi connectivity index (χ0n) is 10.7. The molecule has 0 fully saturated rings. The maximum Gasteiger partial charge on any atom is 0.287 e. The molecule has 0 spiro atoms. The van der Waals surface area contributed by atoms with E-state index in [1.807, 2.05) is 37.3 Å². The lowest BCUT2D eigenvalue weighted by molar-refractivity contribution is 0.0906. The first-order chi connectivity index (χ1) is 9.24. The maximum atomic E-state index is 12.1. The lowest BCUT2D eigenvalue weighted by Gasteiger charge is -2.16. The first-order valence-corrected chi connectivity index (χ1v) is 6.78. The summed E-state index contributed by atoms with van der Waals surface area (Å²) in [5.41, 5.74) is 1.09. The molecular weight excluding hydrogens is 262 g/mol. The Bertz CT molecular complexity index is 536. The molecule has 2 rings (SSSR count). The SMILES string of the molecule is CCC(NC(=O)c1ccc(CCl)o1)c1ccccc1. The summed E-state index contributed by atoms with van der Waals surface area (Å²) in [4.78, 5) is 12.1. The molecule has 1 heterocycles. The number of alkyl halides is 1. The Morgan fingerprint density at radius 2 is 2.00 bits per heavy atom. The molecule has 1 aromatic carbocycles. The second-order valence-corrected chi connectivity index (χ2v) is 4.51. The van der Waals surface area contributed by atoms with Crippen LogP contribution in [0.3, 0.4) is 0 Å². The van der Waals surface area contributed by atoms with Crippen LogP contribution in [0, 0.1) is 0 Å². The molecule has 0 saturated carbocycles. The highest BCUT2D eigenvalue weighted by molar-refractivity contribution is 6.16. The molecule has 1 unspecified atom stereocenters. The van der Waals surface area contributed by atoms with E-state index in [1.54, 1.807) is 12.1 Å².